The number of nitrogens with one attached hydrogen (secondary N) is 1. The maximum Gasteiger partial charge on any atom is 0.364 e. The lowest BCUT2D eigenvalue weighted by Crippen LogP contribution is -2.39. The highest BCUT2D eigenvalue weighted by atomic mass is 32.1. The van der Waals surface area contributed by atoms with E-state index in [2.05, 4.69) is 24.0 Å². The Balaban J connectivity index is 2.61. The summed E-state index contributed by atoms with van der Waals surface area (Å²) < 4.78 is 5.11. The van der Waals surface area contributed by atoms with Gasteiger partial charge in [-0.05, 0) is 32.4 Å². The summed E-state index contributed by atoms with van der Waals surface area (Å²) in [6, 6.07) is 0.211. The Bertz CT molecular complexity index is 218. The number of hydrogen-bond acceptors (Lipinski definition) is 3. The second kappa shape index (κ2) is 6.09. The van der Waals surface area contributed by atoms with E-state index in [1.165, 1.54) is 6.42 Å². The van der Waals surface area contributed by atoms with Crippen LogP contribution in [0, 0.1) is 0 Å². The van der Waals surface area contributed by atoms with Crippen LogP contribution in [0.5, 0.6) is 0 Å². The Hall–Kier alpha value is -0.480. The number of carbonyl (C=O) groups excluding carboxylic acids is 1. The maximum atomic E-state index is 10.8. The summed E-state index contributed by atoms with van der Waals surface area (Å²) in [4.78, 5) is 10.8. The van der Waals surface area contributed by atoms with Gasteiger partial charge in [-0.25, -0.2) is 4.79 Å². The van der Waals surface area contributed by atoms with Gasteiger partial charge >= 0.3 is 5.30 Å². The van der Waals surface area contributed by atoms with Gasteiger partial charge in [0.05, 0.1) is 0 Å². The first kappa shape index (κ1) is 11.6. The van der Waals surface area contributed by atoms with E-state index in [0.29, 0.717) is 0 Å². The van der Waals surface area contributed by atoms with Gasteiger partial charge in [0.25, 0.3) is 0 Å². The molecule has 0 saturated carbocycles. The molecule has 0 aliphatic heterocycles. The van der Waals surface area contributed by atoms with Crippen molar-refractivity contribution >= 4 is 17.9 Å². The van der Waals surface area contributed by atoms with E-state index in [9.17, 15) is 4.79 Å². The molecule has 80 valence electrons. The number of likely N-dealkylation sites (N-methyl/N-ethyl adjacent to an activating group) is 1. The minimum atomic E-state index is -0.513. The van der Waals surface area contributed by atoms with Crippen molar-refractivity contribution in [1.82, 2.24) is 5.32 Å². The van der Waals surface area contributed by atoms with E-state index in [-0.39, 0.29) is 12.1 Å². The monoisotopic (exact) mass is 215 g/mol. The molecule has 1 aliphatic carbocycles. The van der Waals surface area contributed by atoms with Gasteiger partial charge in [-0.2, -0.15) is 0 Å². The van der Waals surface area contributed by atoms with Crippen molar-refractivity contribution in [3.05, 3.63) is 12.2 Å². The number of hydrogen-bond donors (Lipinski definition) is 2. The minimum absolute atomic E-state index is 0.176. The number of carbonyl (C=O) groups is 1. The summed E-state index contributed by atoms with van der Waals surface area (Å²) >= 11 is 3.63. The topological polar surface area (TPSA) is 38.3 Å². The minimum Gasteiger partial charge on any atom is -0.449 e. The first-order valence-corrected chi connectivity index (χ1v) is 5.42. The lowest BCUT2D eigenvalue weighted by atomic mass is 9.99. The molecule has 4 heteroatoms. The van der Waals surface area contributed by atoms with E-state index in [1.54, 1.807) is 0 Å². The Morgan fingerprint density at radius 2 is 2.36 bits per heavy atom. The highest BCUT2D eigenvalue weighted by Crippen LogP contribution is 2.15. The molecule has 0 bridgehead atoms. The van der Waals surface area contributed by atoms with Crippen LogP contribution in [-0.4, -0.2) is 24.5 Å². The van der Waals surface area contributed by atoms with Crippen LogP contribution >= 0.6 is 12.6 Å². The van der Waals surface area contributed by atoms with Crippen LogP contribution in [0.4, 0.5) is 4.79 Å². The molecule has 0 aromatic carbocycles. The molecule has 0 fully saturated rings. The zero-order valence-electron chi connectivity index (χ0n) is 8.40. The fourth-order valence-electron chi connectivity index (χ4n) is 1.70. The van der Waals surface area contributed by atoms with E-state index < -0.39 is 5.30 Å². The summed E-state index contributed by atoms with van der Waals surface area (Å²) in [6.45, 7) is 0. The van der Waals surface area contributed by atoms with Gasteiger partial charge in [0, 0.05) is 6.04 Å². The molecule has 0 radical (unpaired) electrons. The summed E-state index contributed by atoms with van der Waals surface area (Å²) in [7, 11) is 1.89. The number of ether oxygens (including phenoxy) is 1. The van der Waals surface area contributed by atoms with E-state index >= 15 is 0 Å². The molecule has 1 N–H and O–H groups in total. The summed E-state index contributed by atoms with van der Waals surface area (Å²) in [5, 5.41) is 2.65. The highest BCUT2D eigenvalue weighted by Gasteiger charge is 2.20. The molecule has 14 heavy (non-hydrogen) atoms. The largest absolute Gasteiger partial charge is 0.449 e. The zero-order valence-corrected chi connectivity index (χ0v) is 9.30. The number of rotatable bonds is 2. The third kappa shape index (κ3) is 3.72. The summed E-state index contributed by atoms with van der Waals surface area (Å²) in [5.41, 5.74) is 0. The molecule has 1 aliphatic rings. The van der Waals surface area contributed by atoms with Gasteiger partial charge in [0.1, 0.15) is 6.10 Å². The zero-order chi connectivity index (χ0) is 10.4. The van der Waals surface area contributed by atoms with Crippen LogP contribution in [0.1, 0.15) is 25.7 Å². The van der Waals surface area contributed by atoms with Crippen LogP contribution in [0.15, 0.2) is 12.2 Å². The molecule has 0 aromatic heterocycles. The smallest absolute Gasteiger partial charge is 0.364 e. The predicted octanol–water partition coefficient (Wildman–Crippen LogP) is 2.14. The van der Waals surface area contributed by atoms with Gasteiger partial charge in [0.15, 0.2) is 0 Å². The molecular formula is C10H17NO2S. The molecule has 0 aromatic rings. The number of thiol groups is 1. The number of allylic oxidation sites excluding steroid dienone is 1. The van der Waals surface area contributed by atoms with E-state index in [0.717, 1.165) is 19.3 Å². The molecule has 0 spiro atoms. The molecule has 2 unspecified atom stereocenters. The van der Waals surface area contributed by atoms with E-state index in [4.69, 9.17) is 4.74 Å². The van der Waals surface area contributed by atoms with Crippen LogP contribution in [-0.2, 0) is 4.74 Å². The summed E-state index contributed by atoms with van der Waals surface area (Å²) in [5.74, 6) is 0. The standard InChI is InChI=1S/C10H17NO2S/c1-11-8-6-4-2-3-5-7-9(8)13-10(12)14/h5,7-9,11H,2-4,6H2,1H3,(H,12,14)/b7-5+. The third-order valence-electron chi connectivity index (χ3n) is 2.47. The highest BCUT2D eigenvalue weighted by molar-refractivity contribution is 7.96. The fraction of sp³-hybridized carbons (Fsp3) is 0.700. The normalized spacial score (nSPS) is 30.1. The van der Waals surface area contributed by atoms with Crippen LogP contribution in [0.2, 0.25) is 0 Å². The van der Waals surface area contributed by atoms with Crippen molar-refractivity contribution in [2.45, 2.75) is 37.8 Å². The second-order valence-corrected chi connectivity index (χ2v) is 3.82. The van der Waals surface area contributed by atoms with Gasteiger partial charge in [-0.15, -0.1) is 0 Å². The lowest BCUT2D eigenvalue weighted by Gasteiger charge is -2.25. The van der Waals surface area contributed by atoms with Crippen LogP contribution in [0.3, 0.4) is 0 Å². The maximum absolute atomic E-state index is 10.8. The van der Waals surface area contributed by atoms with E-state index in [1.807, 2.05) is 13.1 Å². The predicted molar refractivity (Wildman–Crippen MR) is 59.7 cm³/mol. The molecule has 1 rings (SSSR count). The average molecular weight is 215 g/mol. The van der Waals surface area contributed by atoms with Gasteiger partial charge in [-0.3, -0.25) is 0 Å². The summed E-state index contributed by atoms with van der Waals surface area (Å²) in [6.07, 6.45) is 8.32. The molecule has 3 nitrogen and oxygen atoms in total. The lowest BCUT2D eigenvalue weighted by molar-refractivity contribution is 0.121. The Kier molecular flexibility index (Phi) is 5.04. The van der Waals surface area contributed by atoms with Crippen molar-refractivity contribution in [3.8, 4) is 0 Å². The van der Waals surface area contributed by atoms with Crippen molar-refractivity contribution in [2.75, 3.05) is 7.05 Å². The van der Waals surface area contributed by atoms with Crippen molar-refractivity contribution < 1.29 is 9.53 Å². The Morgan fingerprint density at radius 3 is 3.00 bits per heavy atom. The molecule has 0 saturated heterocycles. The quantitative estimate of drug-likeness (QED) is 0.421. The van der Waals surface area contributed by atoms with Crippen molar-refractivity contribution in [3.63, 3.8) is 0 Å². The first-order valence-electron chi connectivity index (χ1n) is 4.97. The molecule has 0 amide bonds. The van der Waals surface area contributed by atoms with Crippen molar-refractivity contribution in [2.24, 2.45) is 0 Å². The molecule has 0 heterocycles. The molecular weight excluding hydrogens is 198 g/mol. The fourth-order valence-corrected chi connectivity index (χ4v) is 1.82. The van der Waals surface area contributed by atoms with Gasteiger partial charge in [0.2, 0.25) is 0 Å². The van der Waals surface area contributed by atoms with Gasteiger partial charge < -0.3 is 10.1 Å². The van der Waals surface area contributed by atoms with Crippen LogP contribution < -0.4 is 5.32 Å². The Labute approximate surface area is 90.3 Å². The molecule has 2 atom stereocenters. The average Bonchev–Trinajstić information content (AvgIpc) is 2.10. The van der Waals surface area contributed by atoms with Gasteiger partial charge in [-0.1, -0.05) is 25.1 Å². The second-order valence-electron chi connectivity index (χ2n) is 3.46. The Morgan fingerprint density at radius 1 is 1.57 bits per heavy atom. The van der Waals surface area contributed by atoms with Crippen LogP contribution in [0.25, 0.3) is 0 Å². The third-order valence-corrected chi connectivity index (χ3v) is 2.57. The van der Waals surface area contributed by atoms with Crippen molar-refractivity contribution in [1.29, 1.82) is 0 Å². The first-order chi connectivity index (χ1) is 6.74. The SMILES string of the molecule is CNC1CCCC/C=C/C1OC(=O)S.